The molecule has 17 heavy (non-hydrogen) atoms. The molecule has 1 fully saturated rings. The van der Waals surface area contributed by atoms with Gasteiger partial charge in [-0.05, 0) is 37.5 Å². The first kappa shape index (κ1) is 15.2. The van der Waals surface area contributed by atoms with Gasteiger partial charge in [0.1, 0.15) is 0 Å². The minimum atomic E-state index is -1.94. The molecule has 3 atom stereocenters. The van der Waals surface area contributed by atoms with Gasteiger partial charge >= 0.3 is 9.53 Å². The van der Waals surface area contributed by atoms with E-state index >= 15 is 0 Å². The smallest absolute Gasteiger partial charge is 0.379 e. The second-order valence-electron chi connectivity index (χ2n) is 5.93. The number of hydrogen-bond donors (Lipinski definition) is 0. The first-order chi connectivity index (χ1) is 7.92. The summed E-state index contributed by atoms with van der Waals surface area (Å²) in [6.07, 6.45) is 3.68. The molecule has 0 aliphatic heterocycles. The van der Waals surface area contributed by atoms with Gasteiger partial charge in [0, 0.05) is 14.2 Å². The van der Waals surface area contributed by atoms with Crippen LogP contribution in [0.5, 0.6) is 0 Å². The zero-order chi connectivity index (χ0) is 13.1. The van der Waals surface area contributed by atoms with Crippen LogP contribution in [0.15, 0.2) is 0 Å². The quantitative estimate of drug-likeness (QED) is 0.711. The Morgan fingerprint density at radius 1 is 1.18 bits per heavy atom. The third-order valence-corrected chi connectivity index (χ3v) is 5.56. The molecule has 1 aliphatic rings. The van der Waals surface area contributed by atoms with Crippen LogP contribution in [0.25, 0.3) is 0 Å². The summed E-state index contributed by atoms with van der Waals surface area (Å²) >= 11 is 0. The van der Waals surface area contributed by atoms with Crippen LogP contribution < -0.4 is 0 Å². The topological polar surface area (TPSA) is 27.7 Å². The Morgan fingerprint density at radius 2 is 1.76 bits per heavy atom. The second kappa shape index (κ2) is 6.32. The molecule has 1 saturated carbocycles. The van der Waals surface area contributed by atoms with Crippen LogP contribution in [0, 0.1) is 17.8 Å². The lowest BCUT2D eigenvalue weighted by Gasteiger charge is -2.46. The Hall–Kier alpha value is 0.0969. The summed E-state index contributed by atoms with van der Waals surface area (Å²) in [4.78, 5) is 0. The highest BCUT2D eigenvalue weighted by Gasteiger charge is 2.43. The van der Waals surface area contributed by atoms with Crippen molar-refractivity contribution in [3.05, 3.63) is 0 Å². The van der Waals surface area contributed by atoms with Gasteiger partial charge in [-0.15, -0.1) is 0 Å². The van der Waals surface area contributed by atoms with E-state index in [0.29, 0.717) is 11.8 Å². The fraction of sp³-hybridized carbons (Fsp3) is 1.00. The summed E-state index contributed by atoms with van der Waals surface area (Å²) < 4.78 is 16.9. The molecule has 0 saturated heterocycles. The number of rotatable bonds is 5. The monoisotopic (exact) mass is 260 g/mol. The van der Waals surface area contributed by atoms with Crippen molar-refractivity contribution in [2.75, 3.05) is 14.2 Å². The standard InChI is InChI=1S/C13H28O3Si/c1-10(2)12-8-7-11(3)9-13(12,4)16-17(14-5)15-6/h10-12,17H,7-9H2,1-6H3. The second-order valence-corrected chi connectivity index (χ2v) is 7.68. The van der Waals surface area contributed by atoms with Crippen molar-refractivity contribution in [2.24, 2.45) is 17.8 Å². The predicted molar refractivity (Wildman–Crippen MR) is 72.0 cm³/mol. The van der Waals surface area contributed by atoms with Crippen LogP contribution in [0.2, 0.25) is 0 Å². The Morgan fingerprint density at radius 3 is 2.24 bits per heavy atom. The van der Waals surface area contributed by atoms with Gasteiger partial charge in [-0.2, -0.15) is 0 Å². The van der Waals surface area contributed by atoms with E-state index in [1.165, 1.54) is 12.8 Å². The van der Waals surface area contributed by atoms with Crippen molar-refractivity contribution in [1.82, 2.24) is 0 Å². The summed E-state index contributed by atoms with van der Waals surface area (Å²) in [6, 6.07) is 0. The Kier molecular flexibility index (Phi) is 5.63. The van der Waals surface area contributed by atoms with Gasteiger partial charge in [-0.25, -0.2) is 0 Å². The molecule has 4 heteroatoms. The van der Waals surface area contributed by atoms with Crippen molar-refractivity contribution >= 4 is 9.53 Å². The predicted octanol–water partition coefficient (Wildman–Crippen LogP) is 2.86. The van der Waals surface area contributed by atoms with Crippen LogP contribution in [0.4, 0.5) is 0 Å². The minimum Gasteiger partial charge on any atom is -0.379 e. The fourth-order valence-corrected chi connectivity index (χ4v) is 4.40. The zero-order valence-electron chi connectivity index (χ0n) is 12.2. The van der Waals surface area contributed by atoms with E-state index in [4.69, 9.17) is 13.3 Å². The highest BCUT2D eigenvalue weighted by atomic mass is 28.3. The molecule has 0 spiro atoms. The molecular weight excluding hydrogens is 232 g/mol. The normalized spacial score (nSPS) is 34.6. The largest absolute Gasteiger partial charge is 0.484 e. The van der Waals surface area contributed by atoms with Crippen molar-refractivity contribution < 1.29 is 13.3 Å². The van der Waals surface area contributed by atoms with E-state index in [1.807, 2.05) is 0 Å². The molecule has 0 bridgehead atoms. The molecule has 0 heterocycles. The van der Waals surface area contributed by atoms with E-state index in [-0.39, 0.29) is 5.60 Å². The van der Waals surface area contributed by atoms with Gasteiger partial charge in [-0.3, -0.25) is 0 Å². The average Bonchev–Trinajstić information content (AvgIpc) is 2.25. The van der Waals surface area contributed by atoms with Gasteiger partial charge in [0.25, 0.3) is 0 Å². The third-order valence-electron chi connectivity index (χ3n) is 4.06. The van der Waals surface area contributed by atoms with Gasteiger partial charge in [-0.1, -0.05) is 27.2 Å². The summed E-state index contributed by atoms with van der Waals surface area (Å²) in [6.45, 7) is 9.14. The zero-order valence-corrected chi connectivity index (χ0v) is 13.3. The van der Waals surface area contributed by atoms with Crippen LogP contribution in [0.3, 0.4) is 0 Å². The van der Waals surface area contributed by atoms with E-state index in [1.54, 1.807) is 14.2 Å². The van der Waals surface area contributed by atoms with Gasteiger partial charge < -0.3 is 13.3 Å². The molecule has 102 valence electrons. The van der Waals surface area contributed by atoms with Gasteiger partial charge in [0.2, 0.25) is 0 Å². The Bertz CT molecular complexity index is 231. The van der Waals surface area contributed by atoms with Crippen molar-refractivity contribution in [3.63, 3.8) is 0 Å². The van der Waals surface area contributed by atoms with E-state index in [0.717, 1.165) is 12.3 Å². The summed E-state index contributed by atoms with van der Waals surface area (Å²) in [5, 5.41) is 0. The van der Waals surface area contributed by atoms with Crippen LogP contribution in [-0.4, -0.2) is 29.3 Å². The molecule has 1 aliphatic carbocycles. The van der Waals surface area contributed by atoms with Crippen molar-refractivity contribution in [3.8, 4) is 0 Å². The number of hydrogen-bond acceptors (Lipinski definition) is 3. The Labute approximate surface area is 108 Å². The molecule has 3 unspecified atom stereocenters. The van der Waals surface area contributed by atoms with E-state index in [2.05, 4.69) is 27.7 Å². The van der Waals surface area contributed by atoms with Crippen LogP contribution in [-0.2, 0) is 13.3 Å². The van der Waals surface area contributed by atoms with E-state index in [9.17, 15) is 0 Å². The first-order valence-electron chi connectivity index (χ1n) is 6.66. The average molecular weight is 260 g/mol. The molecular formula is C13H28O3Si. The minimum absolute atomic E-state index is 0.0747. The third kappa shape index (κ3) is 3.78. The van der Waals surface area contributed by atoms with Crippen LogP contribution >= 0.6 is 0 Å². The maximum atomic E-state index is 6.22. The lowest BCUT2D eigenvalue weighted by Crippen LogP contribution is -2.49. The molecule has 0 aromatic heterocycles. The molecule has 0 radical (unpaired) electrons. The fourth-order valence-electron chi connectivity index (χ4n) is 3.30. The lowest BCUT2D eigenvalue weighted by atomic mass is 9.68. The highest BCUT2D eigenvalue weighted by molar-refractivity contribution is 6.36. The van der Waals surface area contributed by atoms with Crippen molar-refractivity contribution in [2.45, 2.75) is 52.6 Å². The maximum absolute atomic E-state index is 6.22. The Balaban J connectivity index is 2.77. The molecule has 1 rings (SSSR count). The molecule has 0 aromatic carbocycles. The van der Waals surface area contributed by atoms with Gasteiger partial charge in [0.15, 0.2) is 0 Å². The molecule has 0 N–H and O–H groups in total. The first-order valence-corrected chi connectivity index (χ1v) is 8.07. The van der Waals surface area contributed by atoms with E-state index < -0.39 is 9.53 Å². The van der Waals surface area contributed by atoms with Crippen molar-refractivity contribution in [1.29, 1.82) is 0 Å². The summed E-state index contributed by atoms with van der Waals surface area (Å²) in [7, 11) is 1.42. The highest BCUT2D eigenvalue weighted by Crippen LogP contribution is 2.43. The molecule has 3 nitrogen and oxygen atoms in total. The summed E-state index contributed by atoms with van der Waals surface area (Å²) in [5.41, 5.74) is -0.0747. The summed E-state index contributed by atoms with van der Waals surface area (Å²) in [5.74, 6) is 1.99. The lowest BCUT2D eigenvalue weighted by molar-refractivity contribution is -0.0766. The van der Waals surface area contributed by atoms with Crippen LogP contribution in [0.1, 0.15) is 47.0 Å². The molecule has 0 amide bonds. The maximum Gasteiger partial charge on any atom is 0.484 e. The SMILES string of the molecule is CO[SiH](OC)OC1(C)CC(C)CCC1C(C)C. The molecule has 0 aromatic rings. The van der Waals surface area contributed by atoms with Gasteiger partial charge in [0.05, 0.1) is 5.60 Å².